The van der Waals surface area contributed by atoms with Crippen molar-refractivity contribution in [3.05, 3.63) is 24.3 Å². The van der Waals surface area contributed by atoms with Crippen molar-refractivity contribution in [2.24, 2.45) is 0 Å². The van der Waals surface area contributed by atoms with E-state index in [0.717, 1.165) is 25.7 Å². The fraction of sp³-hybridized carbons (Fsp3) is 0.878. The first-order valence-corrected chi connectivity index (χ1v) is 20.1. The number of rotatable bonds is 36. The van der Waals surface area contributed by atoms with Gasteiger partial charge < -0.3 is 15.5 Å². The van der Waals surface area contributed by atoms with E-state index in [1.165, 1.54) is 167 Å². The van der Waals surface area contributed by atoms with Crippen molar-refractivity contribution < 1.29 is 15.0 Å². The van der Waals surface area contributed by atoms with Crippen LogP contribution in [0, 0.1) is 0 Å². The third-order valence-electron chi connectivity index (χ3n) is 9.18. The first kappa shape index (κ1) is 43.9. The van der Waals surface area contributed by atoms with Crippen molar-refractivity contribution >= 4 is 5.91 Å². The van der Waals surface area contributed by atoms with Gasteiger partial charge >= 0.3 is 0 Å². The fourth-order valence-electron chi connectivity index (χ4n) is 6.05. The van der Waals surface area contributed by atoms with Gasteiger partial charge in [0.2, 0.25) is 5.91 Å². The zero-order valence-electron chi connectivity index (χ0n) is 30.4. The van der Waals surface area contributed by atoms with Crippen LogP contribution in [-0.4, -0.2) is 34.9 Å². The highest BCUT2D eigenvalue weighted by atomic mass is 16.3. The Labute approximate surface area is 281 Å². The zero-order valence-corrected chi connectivity index (χ0v) is 30.4. The third kappa shape index (κ3) is 34.0. The molecule has 0 rings (SSSR count). The number of aliphatic hydroxyl groups is 2. The van der Waals surface area contributed by atoms with E-state index in [2.05, 4.69) is 31.3 Å². The summed E-state index contributed by atoms with van der Waals surface area (Å²) in [5, 5.41) is 22.9. The molecule has 4 heteroatoms. The predicted octanol–water partition coefficient (Wildman–Crippen LogP) is 12.1. The lowest BCUT2D eigenvalue weighted by atomic mass is 10.0. The maximum atomic E-state index is 12.3. The van der Waals surface area contributed by atoms with Crippen molar-refractivity contribution in [3.8, 4) is 0 Å². The second-order valence-electron chi connectivity index (χ2n) is 13.7. The molecule has 0 bridgehead atoms. The van der Waals surface area contributed by atoms with E-state index in [0.29, 0.717) is 6.42 Å². The van der Waals surface area contributed by atoms with E-state index in [4.69, 9.17) is 0 Å². The van der Waals surface area contributed by atoms with Crippen molar-refractivity contribution in [1.82, 2.24) is 5.32 Å². The lowest BCUT2D eigenvalue weighted by molar-refractivity contribution is -0.123. The molecule has 2 unspecified atom stereocenters. The Morgan fingerprint density at radius 2 is 0.844 bits per heavy atom. The van der Waals surface area contributed by atoms with Gasteiger partial charge in [-0.15, -0.1) is 0 Å². The van der Waals surface area contributed by atoms with Crippen LogP contribution < -0.4 is 5.32 Å². The molecule has 266 valence electrons. The molecule has 2 atom stereocenters. The molecule has 0 radical (unpaired) electrons. The molecule has 0 saturated heterocycles. The smallest absolute Gasteiger partial charge is 0.220 e. The average molecular weight is 634 g/mol. The Balaban J connectivity index is 3.59. The summed E-state index contributed by atoms with van der Waals surface area (Å²) in [5.41, 5.74) is 0. The van der Waals surface area contributed by atoms with Gasteiger partial charge in [-0.3, -0.25) is 4.79 Å². The van der Waals surface area contributed by atoms with Crippen LogP contribution in [-0.2, 0) is 4.79 Å². The Bertz CT molecular complexity index is 647. The van der Waals surface area contributed by atoms with Gasteiger partial charge in [0.25, 0.3) is 0 Å². The van der Waals surface area contributed by atoms with Gasteiger partial charge in [-0.25, -0.2) is 0 Å². The van der Waals surface area contributed by atoms with Crippen LogP contribution in [0.25, 0.3) is 0 Å². The number of aliphatic hydroxyl groups excluding tert-OH is 2. The molecule has 0 aliphatic rings. The topological polar surface area (TPSA) is 69.6 Å². The molecule has 0 aromatic heterocycles. The lowest BCUT2D eigenvalue weighted by Crippen LogP contribution is -2.45. The predicted molar refractivity (Wildman–Crippen MR) is 198 cm³/mol. The van der Waals surface area contributed by atoms with E-state index in [1.54, 1.807) is 6.08 Å². The maximum absolute atomic E-state index is 12.3. The van der Waals surface area contributed by atoms with E-state index >= 15 is 0 Å². The largest absolute Gasteiger partial charge is 0.394 e. The van der Waals surface area contributed by atoms with Crippen LogP contribution >= 0.6 is 0 Å². The molecule has 0 fully saturated rings. The van der Waals surface area contributed by atoms with Gasteiger partial charge in [0, 0.05) is 6.42 Å². The Hall–Kier alpha value is -1.13. The number of unbranched alkanes of at least 4 members (excludes halogenated alkanes) is 27. The molecule has 0 heterocycles. The van der Waals surface area contributed by atoms with Crippen LogP contribution in [0.1, 0.15) is 213 Å². The highest BCUT2D eigenvalue weighted by Crippen LogP contribution is 2.14. The second-order valence-corrected chi connectivity index (χ2v) is 13.7. The van der Waals surface area contributed by atoms with Crippen molar-refractivity contribution in [1.29, 1.82) is 0 Å². The SMILES string of the molecule is CCCCCCCCCC/C=C\CCCCCCCCCC(=O)NC(CO)C(O)/C=C/CCCCCCCCCCCCCC. The quantitative estimate of drug-likeness (QED) is 0.0475. The summed E-state index contributed by atoms with van der Waals surface area (Å²) in [5.74, 6) is -0.0683. The number of carbonyl (C=O) groups excluding carboxylic acids is 1. The minimum atomic E-state index is -0.837. The van der Waals surface area contributed by atoms with Crippen LogP contribution in [0.2, 0.25) is 0 Å². The van der Waals surface area contributed by atoms with Gasteiger partial charge in [-0.2, -0.15) is 0 Å². The van der Waals surface area contributed by atoms with E-state index < -0.39 is 12.1 Å². The first-order valence-electron chi connectivity index (χ1n) is 20.1. The maximum Gasteiger partial charge on any atom is 0.220 e. The summed E-state index contributed by atoms with van der Waals surface area (Å²) in [6.07, 6.45) is 47.0. The van der Waals surface area contributed by atoms with Crippen molar-refractivity contribution in [3.63, 3.8) is 0 Å². The first-order chi connectivity index (χ1) is 22.2. The van der Waals surface area contributed by atoms with Gasteiger partial charge in [0.15, 0.2) is 0 Å². The number of amides is 1. The summed E-state index contributed by atoms with van der Waals surface area (Å²) in [4.78, 5) is 12.3. The van der Waals surface area contributed by atoms with Crippen molar-refractivity contribution in [2.75, 3.05) is 6.61 Å². The number of allylic oxidation sites excluding steroid dienone is 3. The molecule has 0 spiro atoms. The Morgan fingerprint density at radius 3 is 1.22 bits per heavy atom. The highest BCUT2D eigenvalue weighted by molar-refractivity contribution is 5.76. The van der Waals surface area contributed by atoms with Crippen LogP contribution in [0.3, 0.4) is 0 Å². The molecule has 0 aliphatic carbocycles. The molecule has 45 heavy (non-hydrogen) atoms. The molecular formula is C41H79NO3. The molecule has 3 N–H and O–H groups in total. The molecule has 0 saturated carbocycles. The highest BCUT2D eigenvalue weighted by Gasteiger charge is 2.17. The second kappa shape index (κ2) is 37.3. The normalized spacial score (nSPS) is 13.2. The number of hydrogen-bond donors (Lipinski definition) is 3. The molecular weight excluding hydrogens is 554 g/mol. The summed E-state index contributed by atoms with van der Waals surface area (Å²) in [7, 11) is 0. The fourth-order valence-corrected chi connectivity index (χ4v) is 6.05. The van der Waals surface area contributed by atoms with Crippen molar-refractivity contribution in [2.45, 2.75) is 225 Å². The minimum absolute atomic E-state index is 0.0683. The summed E-state index contributed by atoms with van der Waals surface area (Å²) in [6, 6.07) is -0.620. The third-order valence-corrected chi connectivity index (χ3v) is 9.18. The van der Waals surface area contributed by atoms with Gasteiger partial charge in [-0.1, -0.05) is 186 Å². The number of carbonyl (C=O) groups is 1. The monoisotopic (exact) mass is 634 g/mol. The Kier molecular flexibility index (Phi) is 36.4. The number of hydrogen-bond acceptors (Lipinski definition) is 3. The lowest BCUT2D eigenvalue weighted by Gasteiger charge is -2.20. The van der Waals surface area contributed by atoms with Crippen LogP contribution in [0.5, 0.6) is 0 Å². The van der Waals surface area contributed by atoms with Gasteiger partial charge in [0.1, 0.15) is 0 Å². The van der Waals surface area contributed by atoms with Crippen LogP contribution in [0.4, 0.5) is 0 Å². The molecule has 0 aliphatic heterocycles. The standard InChI is InChI=1S/C41H79NO3/c1-3-5-7-9-11-13-15-17-19-20-21-22-23-25-27-29-31-33-35-37-41(45)42-39(38-43)40(44)36-34-32-30-28-26-24-18-16-14-12-10-8-6-4-2/h20-21,34,36,39-40,43-44H,3-19,22-33,35,37-38H2,1-2H3,(H,42,45)/b21-20-,36-34+. The van der Waals surface area contributed by atoms with E-state index in [1.807, 2.05) is 6.08 Å². The number of nitrogens with one attached hydrogen (secondary N) is 1. The summed E-state index contributed by atoms with van der Waals surface area (Å²) < 4.78 is 0. The molecule has 0 aromatic carbocycles. The van der Waals surface area contributed by atoms with E-state index in [-0.39, 0.29) is 12.5 Å². The molecule has 4 nitrogen and oxygen atoms in total. The minimum Gasteiger partial charge on any atom is -0.394 e. The van der Waals surface area contributed by atoms with Gasteiger partial charge in [-0.05, 0) is 44.9 Å². The summed E-state index contributed by atoms with van der Waals surface area (Å²) in [6.45, 7) is 4.30. The summed E-state index contributed by atoms with van der Waals surface area (Å²) >= 11 is 0. The van der Waals surface area contributed by atoms with Gasteiger partial charge in [0.05, 0.1) is 18.8 Å². The Morgan fingerprint density at radius 1 is 0.511 bits per heavy atom. The van der Waals surface area contributed by atoms with Crippen LogP contribution in [0.15, 0.2) is 24.3 Å². The van der Waals surface area contributed by atoms with E-state index in [9.17, 15) is 15.0 Å². The molecule has 0 aromatic rings. The zero-order chi connectivity index (χ0) is 32.9. The molecule has 1 amide bonds. The average Bonchev–Trinajstić information content (AvgIpc) is 3.04.